The maximum atomic E-state index is 4.69. The summed E-state index contributed by atoms with van der Waals surface area (Å²) >= 11 is 0. The van der Waals surface area contributed by atoms with Crippen LogP contribution in [0, 0.1) is 0 Å². The summed E-state index contributed by atoms with van der Waals surface area (Å²) < 4.78 is 0. The van der Waals surface area contributed by atoms with Gasteiger partial charge < -0.3 is 10.2 Å². The van der Waals surface area contributed by atoms with Gasteiger partial charge in [0, 0.05) is 32.1 Å². The smallest absolute Gasteiger partial charge is 0.134 e. The molecule has 18 heavy (non-hydrogen) atoms. The van der Waals surface area contributed by atoms with Crippen LogP contribution in [-0.4, -0.2) is 29.6 Å². The minimum Gasteiger partial charge on any atom is -0.373 e. The average molecular weight is 248 g/mol. The lowest BCUT2D eigenvalue weighted by molar-refractivity contribution is 0.609. The van der Waals surface area contributed by atoms with Crippen molar-refractivity contribution in [2.45, 2.75) is 52.0 Å². The summed E-state index contributed by atoms with van der Waals surface area (Å²) in [6.45, 7) is 5.52. The van der Waals surface area contributed by atoms with Crippen LogP contribution in [0.3, 0.4) is 0 Å². The Morgan fingerprint density at radius 1 is 1.33 bits per heavy atom. The van der Waals surface area contributed by atoms with Gasteiger partial charge in [-0.05, 0) is 19.8 Å². The molecule has 0 amide bonds. The molecule has 1 aromatic rings. The van der Waals surface area contributed by atoms with Gasteiger partial charge in [-0.2, -0.15) is 0 Å². The summed E-state index contributed by atoms with van der Waals surface area (Å²) in [6.07, 6.45) is 6.09. The Bertz CT molecular complexity index is 369. The minimum absolute atomic E-state index is 0.580. The van der Waals surface area contributed by atoms with E-state index in [1.54, 1.807) is 0 Å². The first-order valence-electron chi connectivity index (χ1n) is 7.07. The third kappa shape index (κ3) is 2.92. The highest BCUT2D eigenvalue weighted by molar-refractivity contribution is 5.50. The van der Waals surface area contributed by atoms with E-state index in [0.29, 0.717) is 6.04 Å². The number of anilines is 2. The number of hydrogen-bond donors (Lipinski definition) is 1. The molecule has 1 aliphatic rings. The molecule has 0 aromatic carbocycles. The SMILES string of the molecule is CCc1nc(NC)cc(N2CCCCCC2C)n1. The van der Waals surface area contributed by atoms with Gasteiger partial charge in [-0.15, -0.1) is 0 Å². The van der Waals surface area contributed by atoms with E-state index in [1.165, 1.54) is 25.7 Å². The van der Waals surface area contributed by atoms with Crippen LogP contribution in [0.15, 0.2) is 6.07 Å². The van der Waals surface area contributed by atoms with Crippen molar-refractivity contribution in [3.63, 3.8) is 0 Å². The normalized spacial score (nSPS) is 20.6. The lowest BCUT2D eigenvalue weighted by atomic mass is 10.1. The van der Waals surface area contributed by atoms with Crippen molar-refractivity contribution >= 4 is 11.6 Å². The summed E-state index contributed by atoms with van der Waals surface area (Å²) in [6, 6.07) is 2.65. The standard InChI is InChI=1S/C14H24N4/c1-4-12-16-13(15-3)10-14(17-12)18-9-7-5-6-8-11(18)2/h10-11H,4-9H2,1-3H3,(H,15,16,17). The van der Waals surface area contributed by atoms with Gasteiger partial charge in [0.2, 0.25) is 0 Å². The average Bonchev–Trinajstić information content (AvgIpc) is 2.62. The van der Waals surface area contributed by atoms with Gasteiger partial charge >= 0.3 is 0 Å². The van der Waals surface area contributed by atoms with Gasteiger partial charge in [-0.1, -0.05) is 19.8 Å². The molecule has 0 saturated carbocycles. The van der Waals surface area contributed by atoms with Crippen molar-refractivity contribution in [3.8, 4) is 0 Å². The fourth-order valence-electron chi connectivity index (χ4n) is 2.53. The van der Waals surface area contributed by atoms with Crippen LogP contribution in [0.5, 0.6) is 0 Å². The first-order valence-corrected chi connectivity index (χ1v) is 7.07. The molecule has 1 N–H and O–H groups in total. The molecule has 0 aliphatic carbocycles. The van der Waals surface area contributed by atoms with Crippen molar-refractivity contribution in [2.75, 3.05) is 23.8 Å². The third-order valence-electron chi connectivity index (χ3n) is 3.68. The second-order valence-corrected chi connectivity index (χ2v) is 5.02. The van der Waals surface area contributed by atoms with Crippen LogP contribution in [-0.2, 0) is 6.42 Å². The maximum absolute atomic E-state index is 4.69. The van der Waals surface area contributed by atoms with Crippen LogP contribution in [0.2, 0.25) is 0 Å². The number of hydrogen-bond acceptors (Lipinski definition) is 4. The van der Waals surface area contributed by atoms with Crippen LogP contribution in [0.4, 0.5) is 11.6 Å². The number of aryl methyl sites for hydroxylation is 1. The number of nitrogens with zero attached hydrogens (tertiary/aromatic N) is 3. The van der Waals surface area contributed by atoms with E-state index in [2.05, 4.69) is 35.1 Å². The Kier molecular flexibility index (Phi) is 4.39. The number of rotatable bonds is 3. The first-order chi connectivity index (χ1) is 8.74. The predicted molar refractivity (Wildman–Crippen MR) is 76.2 cm³/mol. The molecule has 0 spiro atoms. The van der Waals surface area contributed by atoms with E-state index in [4.69, 9.17) is 4.98 Å². The highest BCUT2D eigenvalue weighted by Crippen LogP contribution is 2.24. The molecule has 0 bridgehead atoms. The zero-order valence-electron chi connectivity index (χ0n) is 11.7. The van der Waals surface area contributed by atoms with E-state index >= 15 is 0 Å². The van der Waals surface area contributed by atoms with Crippen molar-refractivity contribution in [3.05, 3.63) is 11.9 Å². The summed E-state index contributed by atoms with van der Waals surface area (Å²) in [5.41, 5.74) is 0. The van der Waals surface area contributed by atoms with Crippen molar-refractivity contribution in [1.82, 2.24) is 9.97 Å². The van der Waals surface area contributed by atoms with E-state index in [9.17, 15) is 0 Å². The molecule has 2 rings (SSSR count). The summed E-state index contributed by atoms with van der Waals surface area (Å²) in [7, 11) is 1.91. The maximum Gasteiger partial charge on any atom is 0.134 e. The monoisotopic (exact) mass is 248 g/mol. The van der Waals surface area contributed by atoms with E-state index in [1.807, 2.05) is 7.05 Å². The molecule has 1 atom stereocenters. The Morgan fingerprint density at radius 2 is 2.17 bits per heavy atom. The Labute approximate surface area is 110 Å². The Hall–Kier alpha value is -1.32. The number of aromatic nitrogens is 2. The van der Waals surface area contributed by atoms with Crippen molar-refractivity contribution in [2.24, 2.45) is 0 Å². The second-order valence-electron chi connectivity index (χ2n) is 5.02. The van der Waals surface area contributed by atoms with Crippen LogP contribution in [0.25, 0.3) is 0 Å². The molecule has 0 radical (unpaired) electrons. The lowest BCUT2D eigenvalue weighted by Gasteiger charge is -2.28. The molecule has 2 heterocycles. The molecule has 4 nitrogen and oxygen atoms in total. The highest BCUT2D eigenvalue weighted by Gasteiger charge is 2.19. The molecule has 1 aliphatic heterocycles. The molecular weight excluding hydrogens is 224 g/mol. The zero-order chi connectivity index (χ0) is 13.0. The molecule has 1 fully saturated rings. The van der Waals surface area contributed by atoms with Gasteiger partial charge in [-0.3, -0.25) is 0 Å². The molecule has 100 valence electrons. The van der Waals surface area contributed by atoms with E-state index in [-0.39, 0.29) is 0 Å². The fourth-order valence-corrected chi connectivity index (χ4v) is 2.53. The molecule has 1 aromatic heterocycles. The van der Waals surface area contributed by atoms with Crippen LogP contribution < -0.4 is 10.2 Å². The van der Waals surface area contributed by atoms with Gasteiger partial charge in [0.15, 0.2) is 0 Å². The topological polar surface area (TPSA) is 41.1 Å². The van der Waals surface area contributed by atoms with Crippen LogP contribution >= 0.6 is 0 Å². The van der Waals surface area contributed by atoms with E-state index in [0.717, 1.165) is 30.4 Å². The van der Waals surface area contributed by atoms with Crippen molar-refractivity contribution in [1.29, 1.82) is 0 Å². The Balaban J connectivity index is 2.29. The lowest BCUT2D eigenvalue weighted by Crippen LogP contribution is -2.33. The molecule has 4 heteroatoms. The highest BCUT2D eigenvalue weighted by atomic mass is 15.2. The van der Waals surface area contributed by atoms with Crippen molar-refractivity contribution < 1.29 is 0 Å². The summed E-state index contributed by atoms with van der Waals surface area (Å²) in [5, 5.41) is 3.13. The second kappa shape index (κ2) is 6.03. The summed E-state index contributed by atoms with van der Waals surface area (Å²) in [5.74, 6) is 2.93. The summed E-state index contributed by atoms with van der Waals surface area (Å²) in [4.78, 5) is 11.6. The van der Waals surface area contributed by atoms with Gasteiger partial charge in [0.1, 0.15) is 17.5 Å². The first kappa shape index (κ1) is 13.1. The quantitative estimate of drug-likeness (QED) is 0.893. The van der Waals surface area contributed by atoms with E-state index < -0.39 is 0 Å². The minimum atomic E-state index is 0.580. The van der Waals surface area contributed by atoms with Gasteiger partial charge in [-0.25, -0.2) is 9.97 Å². The van der Waals surface area contributed by atoms with Crippen LogP contribution in [0.1, 0.15) is 45.4 Å². The Morgan fingerprint density at radius 3 is 2.89 bits per heavy atom. The zero-order valence-corrected chi connectivity index (χ0v) is 11.7. The molecule has 1 saturated heterocycles. The predicted octanol–water partition coefficient (Wildman–Crippen LogP) is 2.85. The number of nitrogens with one attached hydrogen (secondary N) is 1. The molecular formula is C14H24N4. The third-order valence-corrected chi connectivity index (χ3v) is 3.68. The largest absolute Gasteiger partial charge is 0.373 e. The fraction of sp³-hybridized carbons (Fsp3) is 0.714. The van der Waals surface area contributed by atoms with Gasteiger partial charge in [0.05, 0.1) is 0 Å². The molecule has 1 unspecified atom stereocenters. The van der Waals surface area contributed by atoms with Gasteiger partial charge in [0.25, 0.3) is 0 Å².